The molecule has 0 fully saturated rings. The molecule has 118 valence electrons. The molecule has 1 aromatic carbocycles. The lowest BCUT2D eigenvalue weighted by molar-refractivity contribution is 0.174. The minimum atomic E-state index is -3.32. The molecule has 2 N–H and O–H groups in total. The summed E-state index contributed by atoms with van der Waals surface area (Å²) in [5.74, 6) is 1.33. The Bertz CT molecular complexity index is 560. The summed E-state index contributed by atoms with van der Waals surface area (Å²) in [5, 5.41) is 3.25. The van der Waals surface area contributed by atoms with Gasteiger partial charge in [0.1, 0.15) is 0 Å². The molecular formula is C14H22N2O4S. The number of unbranched alkanes of at least 4 members (excludes halogenated alkanes) is 1. The van der Waals surface area contributed by atoms with E-state index in [1.807, 2.05) is 0 Å². The maximum Gasteiger partial charge on any atom is 0.232 e. The Morgan fingerprint density at radius 1 is 1.14 bits per heavy atom. The normalized spacial score (nSPS) is 13.4. The minimum Gasteiger partial charge on any atom is -0.454 e. The van der Waals surface area contributed by atoms with E-state index in [4.69, 9.17) is 9.47 Å². The number of nitrogens with one attached hydrogen (secondary N) is 2. The van der Waals surface area contributed by atoms with Crippen molar-refractivity contribution >= 4 is 15.7 Å². The smallest absolute Gasteiger partial charge is 0.232 e. The van der Waals surface area contributed by atoms with E-state index in [2.05, 4.69) is 17.0 Å². The predicted molar refractivity (Wildman–Crippen MR) is 82.4 cm³/mol. The first-order chi connectivity index (χ1) is 10.1. The highest BCUT2D eigenvalue weighted by Crippen LogP contribution is 2.34. The molecule has 7 heteroatoms. The Hall–Kier alpha value is -1.47. The largest absolute Gasteiger partial charge is 0.454 e. The predicted octanol–water partition coefficient (Wildman–Crippen LogP) is 1.94. The van der Waals surface area contributed by atoms with Gasteiger partial charge in [-0.05, 0) is 44.5 Å². The zero-order valence-corrected chi connectivity index (χ0v) is 13.0. The van der Waals surface area contributed by atoms with Crippen molar-refractivity contribution in [3.05, 3.63) is 18.2 Å². The average Bonchev–Trinajstić information content (AvgIpc) is 2.89. The lowest BCUT2D eigenvalue weighted by Gasteiger charge is -2.09. The summed E-state index contributed by atoms with van der Waals surface area (Å²) in [6.07, 6.45) is 2.57. The van der Waals surface area contributed by atoms with Gasteiger partial charge >= 0.3 is 0 Å². The fourth-order valence-corrected chi connectivity index (χ4v) is 3.21. The van der Waals surface area contributed by atoms with Crippen molar-refractivity contribution in [2.45, 2.75) is 26.2 Å². The number of benzene rings is 1. The number of ether oxygens (including phenoxy) is 2. The van der Waals surface area contributed by atoms with Crippen LogP contribution in [0.4, 0.5) is 5.69 Å². The second kappa shape index (κ2) is 7.51. The van der Waals surface area contributed by atoms with Crippen molar-refractivity contribution in [1.29, 1.82) is 0 Å². The molecule has 0 aromatic heterocycles. The van der Waals surface area contributed by atoms with Crippen molar-refractivity contribution in [2.24, 2.45) is 0 Å². The molecule has 0 atom stereocenters. The highest BCUT2D eigenvalue weighted by molar-refractivity contribution is 7.92. The highest BCUT2D eigenvalue weighted by atomic mass is 32.2. The molecule has 0 amide bonds. The molecule has 2 rings (SSSR count). The van der Waals surface area contributed by atoms with E-state index in [0.29, 0.717) is 23.6 Å². The summed E-state index contributed by atoms with van der Waals surface area (Å²) < 4.78 is 37.0. The van der Waals surface area contributed by atoms with Gasteiger partial charge in [-0.2, -0.15) is 0 Å². The lowest BCUT2D eigenvalue weighted by Crippen LogP contribution is -2.19. The fourth-order valence-electron chi connectivity index (χ4n) is 2.03. The second-order valence-corrected chi connectivity index (χ2v) is 6.79. The molecule has 0 saturated heterocycles. The van der Waals surface area contributed by atoms with Crippen LogP contribution < -0.4 is 19.5 Å². The molecule has 1 aromatic rings. The van der Waals surface area contributed by atoms with E-state index in [0.717, 1.165) is 25.9 Å². The van der Waals surface area contributed by atoms with Crippen molar-refractivity contribution in [3.8, 4) is 11.5 Å². The first-order valence-electron chi connectivity index (χ1n) is 7.21. The molecule has 0 saturated carbocycles. The second-order valence-electron chi connectivity index (χ2n) is 4.95. The van der Waals surface area contributed by atoms with E-state index in [9.17, 15) is 8.42 Å². The third-order valence-corrected chi connectivity index (χ3v) is 4.46. The van der Waals surface area contributed by atoms with Crippen LogP contribution in [0, 0.1) is 0 Å². The fraction of sp³-hybridized carbons (Fsp3) is 0.571. The van der Waals surface area contributed by atoms with Crippen LogP contribution in [0.1, 0.15) is 26.2 Å². The van der Waals surface area contributed by atoms with Crippen LogP contribution in [-0.2, 0) is 10.0 Å². The van der Waals surface area contributed by atoms with Gasteiger partial charge in [-0.3, -0.25) is 4.72 Å². The minimum absolute atomic E-state index is 0.120. The molecule has 0 radical (unpaired) electrons. The van der Waals surface area contributed by atoms with Gasteiger partial charge in [-0.1, -0.05) is 6.92 Å². The first kappa shape index (κ1) is 15.9. The van der Waals surface area contributed by atoms with Gasteiger partial charge in [-0.25, -0.2) is 8.42 Å². The number of fused-ring (bicyclic) bond motifs is 1. The van der Waals surface area contributed by atoms with E-state index >= 15 is 0 Å². The third-order valence-electron chi connectivity index (χ3n) is 3.09. The van der Waals surface area contributed by atoms with Gasteiger partial charge in [0.2, 0.25) is 16.8 Å². The molecule has 0 spiro atoms. The first-order valence-corrected chi connectivity index (χ1v) is 8.87. The monoisotopic (exact) mass is 314 g/mol. The van der Waals surface area contributed by atoms with Crippen LogP contribution >= 0.6 is 0 Å². The number of hydrogen-bond acceptors (Lipinski definition) is 5. The van der Waals surface area contributed by atoms with Crippen molar-refractivity contribution < 1.29 is 17.9 Å². The average molecular weight is 314 g/mol. The number of hydrogen-bond donors (Lipinski definition) is 2. The summed E-state index contributed by atoms with van der Waals surface area (Å²) >= 11 is 0. The van der Waals surface area contributed by atoms with Crippen LogP contribution in [-0.4, -0.2) is 34.1 Å². The Kier molecular flexibility index (Phi) is 5.69. The molecule has 6 nitrogen and oxygen atoms in total. The topological polar surface area (TPSA) is 76.7 Å². The quantitative estimate of drug-likeness (QED) is 0.681. The summed E-state index contributed by atoms with van der Waals surface area (Å²) in [5.41, 5.74) is 0.503. The molecule has 1 aliphatic heterocycles. The molecule has 21 heavy (non-hydrogen) atoms. The van der Waals surface area contributed by atoms with Crippen LogP contribution in [0.3, 0.4) is 0 Å². The summed E-state index contributed by atoms with van der Waals surface area (Å²) in [6, 6.07) is 5.02. The van der Waals surface area contributed by atoms with Gasteiger partial charge < -0.3 is 14.8 Å². The van der Waals surface area contributed by atoms with E-state index < -0.39 is 10.0 Å². The summed E-state index contributed by atoms with van der Waals surface area (Å²) in [7, 11) is -3.32. The van der Waals surface area contributed by atoms with Gasteiger partial charge in [0.25, 0.3) is 0 Å². The Morgan fingerprint density at radius 2 is 1.95 bits per heavy atom. The maximum absolute atomic E-state index is 12.0. The van der Waals surface area contributed by atoms with Gasteiger partial charge in [0.15, 0.2) is 11.5 Å². The number of rotatable bonds is 9. The zero-order chi connectivity index (χ0) is 15.1. The number of anilines is 1. The third kappa shape index (κ3) is 5.09. The maximum atomic E-state index is 12.0. The number of sulfonamides is 1. The van der Waals surface area contributed by atoms with Crippen molar-refractivity contribution in [1.82, 2.24) is 5.32 Å². The highest BCUT2D eigenvalue weighted by Gasteiger charge is 2.16. The molecule has 1 heterocycles. The van der Waals surface area contributed by atoms with E-state index in [-0.39, 0.29) is 12.5 Å². The van der Waals surface area contributed by atoms with E-state index in [1.54, 1.807) is 18.2 Å². The Morgan fingerprint density at radius 3 is 2.76 bits per heavy atom. The molecule has 0 bridgehead atoms. The lowest BCUT2D eigenvalue weighted by atomic mass is 10.3. The van der Waals surface area contributed by atoms with Crippen molar-refractivity contribution in [2.75, 3.05) is 30.4 Å². The molecule has 1 aliphatic rings. The van der Waals surface area contributed by atoms with Crippen LogP contribution in [0.25, 0.3) is 0 Å². The van der Waals surface area contributed by atoms with Crippen molar-refractivity contribution in [3.63, 3.8) is 0 Å². The van der Waals surface area contributed by atoms with E-state index in [1.165, 1.54) is 0 Å². The van der Waals surface area contributed by atoms with Gasteiger partial charge in [0, 0.05) is 6.07 Å². The van der Waals surface area contributed by atoms with Crippen LogP contribution in [0.5, 0.6) is 11.5 Å². The van der Waals surface area contributed by atoms with Crippen LogP contribution in [0.2, 0.25) is 0 Å². The Labute approximate surface area is 125 Å². The van der Waals surface area contributed by atoms with Crippen LogP contribution in [0.15, 0.2) is 18.2 Å². The van der Waals surface area contributed by atoms with Gasteiger partial charge in [0.05, 0.1) is 11.4 Å². The standard InChI is InChI=1S/C14H22N2O4S/c1-2-7-15-8-3-4-9-21(17,18)16-12-5-6-13-14(10-12)20-11-19-13/h5-6,10,15-16H,2-4,7-9,11H2,1H3. The zero-order valence-electron chi connectivity index (χ0n) is 12.2. The summed E-state index contributed by atoms with van der Waals surface area (Å²) in [6.45, 7) is 4.11. The van der Waals surface area contributed by atoms with Gasteiger partial charge in [-0.15, -0.1) is 0 Å². The SMILES string of the molecule is CCCNCCCCS(=O)(=O)Nc1ccc2c(c1)OCO2. The Balaban J connectivity index is 1.78. The molecular weight excluding hydrogens is 292 g/mol. The molecule has 0 aliphatic carbocycles. The molecule has 0 unspecified atom stereocenters. The summed E-state index contributed by atoms with van der Waals surface area (Å²) in [4.78, 5) is 0.